The molecule has 0 saturated heterocycles. The van der Waals surface area contributed by atoms with Crippen molar-refractivity contribution in [1.82, 2.24) is 0 Å². The highest BCUT2D eigenvalue weighted by Crippen LogP contribution is 2.36. The van der Waals surface area contributed by atoms with Gasteiger partial charge in [0.05, 0.1) is 16.8 Å². The smallest absolute Gasteiger partial charge is 0.266 e. The third kappa shape index (κ3) is 1.96. The third-order valence-corrected chi connectivity index (χ3v) is 4.34. The van der Waals surface area contributed by atoms with Crippen LogP contribution in [0.15, 0.2) is 34.8 Å². The minimum absolute atomic E-state index is 0.303. The molecule has 4 nitrogen and oxygen atoms in total. The first-order chi connectivity index (χ1) is 9.91. The fourth-order valence-corrected chi connectivity index (χ4v) is 3.02. The summed E-state index contributed by atoms with van der Waals surface area (Å²) in [4.78, 5) is 26.6. The number of benzene rings is 2. The van der Waals surface area contributed by atoms with Crippen molar-refractivity contribution in [2.45, 2.75) is 13.8 Å². The second-order valence-electron chi connectivity index (χ2n) is 5.11. The summed E-state index contributed by atoms with van der Waals surface area (Å²) in [6.45, 7) is 3.67. The second kappa shape index (κ2) is 4.70. The number of imide groups is 1. The molecule has 2 aromatic carbocycles. The van der Waals surface area contributed by atoms with Crippen LogP contribution in [0.1, 0.15) is 31.8 Å². The highest BCUT2D eigenvalue weighted by Gasteiger charge is 2.39. The Morgan fingerprint density at radius 1 is 0.952 bits per heavy atom. The van der Waals surface area contributed by atoms with Crippen LogP contribution in [0.4, 0.5) is 11.4 Å². The van der Waals surface area contributed by atoms with Crippen molar-refractivity contribution >= 4 is 39.1 Å². The van der Waals surface area contributed by atoms with E-state index in [-0.39, 0.29) is 11.8 Å². The van der Waals surface area contributed by atoms with Crippen molar-refractivity contribution in [1.29, 1.82) is 0 Å². The van der Waals surface area contributed by atoms with Gasteiger partial charge in [-0.25, -0.2) is 4.90 Å². The predicted molar refractivity (Wildman–Crippen MR) is 85.6 cm³/mol. The number of carbonyl (C=O) groups excluding carboxylic acids is 2. The largest absolute Gasteiger partial charge is 0.399 e. The van der Waals surface area contributed by atoms with Crippen LogP contribution in [0.5, 0.6) is 0 Å². The lowest BCUT2D eigenvalue weighted by molar-refractivity contribution is 0.0926. The second-order valence-corrected chi connectivity index (χ2v) is 5.96. The van der Waals surface area contributed by atoms with Crippen LogP contribution in [-0.4, -0.2) is 11.8 Å². The van der Waals surface area contributed by atoms with E-state index in [0.29, 0.717) is 27.0 Å². The van der Waals surface area contributed by atoms with Gasteiger partial charge in [-0.3, -0.25) is 9.59 Å². The van der Waals surface area contributed by atoms with E-state index >= 15 is 0 Å². The van der Waals surface area contributed by atoms with Crippen molar-refractivity contribution in [3.63, 3.8) is 0 Å². The molecule has 1 heterocycles. The van der Waals surface area contributed by atoms with E-state index in [1.54, 1.807) is 18.2 Å². The lowest BCUT2D eigenvalue weighted by Crippen LogP contribution is -2.30. The molecule has 2 amide bonds. The van der Waals surface area contributed by atoms with Gasteiger partial charge in [0, 0.05) is 10.2 Å². The molecule has 106 valence electrons. The number of aryl methyl sites for hydroxylation is 2. The Bertz CT molecular complexity index is 758. The summed E-state index contributed by atoms with van der Waals surface area (Å²) >= 11 is 3.38. The van der Waals surface area contributed by atoms with Crippen LogP contribution < -0.4 is 10.6 Å². The first-order valence-corrected chi connectivity index (χ1v) is 7.25. The van der Waals surface area contributed by atoms with E-state index in [9.17, 15) is 9.59 Å². The zero-order valence-electron chi connectivity index (χ0n) is 11.6. The number of nitrogen functional groups attached to an aromatic ring is 1. The van der Waals surface area contributed by atoms with Crippen LogP contribution in [0.2, 0.25) is 0 Å². The van der Waals surface area contributed by atoms with Gasteiger partial charge in [0.1, 0.15) is 0 Å². The highest BCUT2D eigenvalue weighted by molar-refractivity contribution is 9.10. The Hall–Kier alpha value is -2.14. The summed E-state index contributed by atoms with van der Waals surface area (Å²) < 4.78 is 0.654. The molecule has 5 heteroatoms. The molecule has 2 N–H and O–H groups in total. The van der Waals surface area contributed by atoms with Gasteiger partial charge < -0.3 is 5.73 Å². The number of fused-ring (bicyclic) bond motifs is 1. The van der Waals surface area contributed by atoms with Gasteiger partial charge in [-0.15, -0.1) is 0 Å². The number of carbonyl (C=O) groups is 2. The van der Waals surface area contributed by atoms with Crippen molar-refractivity contribution < 1.29 is 9.59 Å². The summed E-state index contributed by atoms with van der Waals surface area (Å²) in [5.74, 6) is -0.606. The molecule has 2 aromatic rings. The minimum Gasteiger partial charge on any atom is -0.399 e. The molecule has 3 rings (SSSR count). The Morgan fingerprint density at radius 2 is 1.48 bits per heavy atom. The van der Waals surface area contributed by atoms with E-state index in [1.807, 2.05) is 26.0 Å². The molecule has 0 fully saturated rings. The monoisotopic (exact) mass is 344 g/mol. The quantitative estimate of drug-likeness (QED) is 0.636. The maximum absolute atomic E-state index is 12.7. The van der Waals surface area contributed by atoms with Gasteiger partial charge in [-0.1, -0.05) is 12.1 Å². The minimum atomic E-state index is -0.303. The average Bonchev–Trinajstić information content (AvgIpc) is 2.70. The number of nitrogens with zero attached hydrogens (tertiary/aromatic N) is 1. The Kier molecular flexibility index (Phi) is 3.10. The number of halogens is 1. The lowest BCUT2D eigenvalue weighted by Gasteiger charge is -2.16. The van der Waals surface area contributed by atoms with E-state index in [0.717, 1.165) is 11.1 Å². The van der Waals surface area contributed by atoms with Crippen LogP contribution >= 0.6 is 15.9 Å². The van der Waals surface area contributed by atoms with Crippen LogP contribution in [0, 0.1) is 13.8 Å². The molecule has 0 aliphatic carbocycles. The molecule has 0 saturated carbocycles. The Morgan fingerprint density at radius 3 is 2.00 bits per heavy atom. The van der Waals surface area contributed by atoms with Crippen LogP contribution in [0.25, 0.3) is 0 Å². The fraction of sp³-hybridized carbons (Fsp3) is 0.125. The zero-order chi connectivity index (χ0) is 15.3. The number of hydrogen-bond donors (Lipinski definition) is 1. The average molecular weight is 345 g/mol. The van der Waals surface area contributed by atoms with Gasteiger partial charge in [-0.2, -0.15) is 0 Å². The molecule has 1 aliphatic rings. The van der Waals surface area contributed by atoms with E-state index < -0.39 is 0 Å². The first-order valence-electron chi connectivity index (χ1n) is 6.46. The van der Waals surface area contributed by atoms with Gasteiger partial charge in [0.25, 0.3) is 11.8 Å². The topological polar surface area (TPSA) is 63.4 Å². The summed E-state index contributed by atoms with van der Waals surface area (Å²) in [6, 6.07) is 8.78. The molecule has 0 unspecified atom stereocenters. The summed E-state index contributed by atoms with van der Waals surface area (Å²) in [7, 11) is 0. The first kappa shape index (κ1) is 13.8. The van der Waals surface area contributed by atoms with Crippen LogP contribution in [0.3, 0.4) is 0 Å². The van der Waals surface area contributed by atoms with Gasteiger partial charge in [0.15, 0.2) is 0 Å². The maximum atomic E-state index is 12.7. The molecular formula is C16H13BrN2O2. The van der Waals surface area contributed by atoms with Crippen molar-refractivity contribution in [3.8, 4) is 0 Å². The van der Waals surface area contributed by atoms with Crippen molar-refractivity contribution in [2.75, 3.05) is 10.6 Å². The molecule has 0 radical (unpaired) electrons. The predicted octanol–water partition coefficient (Wildman–Crippen LogP) is 3.45. The molecule has 21 heavy (non-hydrogen) atoms. The number of anilines is 2. The summed E-state index contributed by atoms with van der Waals surface area (Å²) in [5, 5.41) is 0. The van der Waals surface area contributed by atoms with Gasteiger partial charge >= 0.3 is 0 Å². The number of amides is 2. The van der Waals surface area contributed by atoms with Crippen molar-refractivity contribution in [2.24, 2.45) is 0 Å². The standard InChI is InChI=1S/C16H13BrN2O2/c1-8-3-4-9(2)14-13(8)15(20)19(16(14)21)12-7-10(18)5-6-11(12)17/h3-7H,18H2,1-2H3. The van der Waals surface area contributed by atoms with Crippen molar-refractivity contribution in [3.05, 3.63) is 57.1 Å². The molecular weight excluding hydrogens is 332 g/mol. The molecule has 0 spiro atoms. The van der Waals surface area contributed by atoms with Gasteiger partial charge in [-0.05, 0) is 59.1 Å². The Labute approximate surface area is 130 Å². The molecule has 1 aliphatic heterocycles. The number of hydrogen-bond acceptors (Lipinski definition) is 3. The lowest BCUT2D eigenvalue weighted by atomic mass is 9.99. The maximum Gasteiger partial charge on any atom is 0.266 e. The van der Waals surface area contributed by atoms with Crippen LogP contribution in [-0.2, 0) is 0 Å². The van der Waals surface area contributed by atoms with E-state index in [2.05, 4.69) is 15.9 Å². The third-order valence-electron chi connectivity index (χ3n) is 3.67. The molecule has 0 aromatic heterocycles. The Balaban J connectivity index is 2.23. The summed E-state index contributed by atoms with van der Waals surface area (Å²) in [6.07, 6.45) is 0. The molecule has 0 atom stereocenters. The number of nitrogens with two attached hydrogens (primary N) is 1. The summed E-state index contributed by atoms with van der Waals surface area (Å²) in [5.41, 5.74) is 9.32. The van der Waals surface area contributed by atoms with E-state index in [4.69, 9.17) is 5.73 Å². The normalized spacial score (nSPS) is 13.8. The number of rotatable bonds is 1. The SMILES string of the molecule is Cc1ccc(C)c2c1C(=O)N(c1cc(N)ccc1Br)C2=O. The zero-order valence-corrected chi connectivity index (χ0v) is 13.2. The molecule has 0 bridgehead atoms. The highest BCUT2D eigenvalue weighted by atomic mass is 79.9. The van der Waals surface area contributed by atoms with E-state index in [1.165, 1.54) is 4.90 Å². The van der Waals surface area contributed by atoms with Gasteiger partial charge in [0.2, 0.25) is 0 Å². The fourth-order valence-electron chi connectivity index (χ4n) is 2.60.